The number of ether oxygens (including phenoxy) is 2. The molecule has 2 aromatic heterocycles. The van der Waals surface area contributed by atoms with Crippen molar-refractivity contribution in [2.24, 2.45) is 12.5 Å². The molecular formula is C28H33F4N2O2S+. The number of rotatable bonds is 10. The van der Waals surface area contributed by atoms with Gasteiger partial charge in [0.2, 0.25) is 0 Å². The van der Waals surface area contributed by atoms with E-state index in [0.29, 0.717) is 12.0 Å². The van der Waals surface area contributed by atoms with E-state index in [1.165, 1.54) is 12.1 Å². The Morgan fingerprint density at radius 1 is 0.838 bits per heavy atom. The fraction of sp³-hybridized carbons (Fsp3) is 0.429. The van der Waals surface area contributed by atoms with Gasteiger partial charge in [0.1, 0.15) is 7.05 Å². The highest BCUT2D eigenvalue weighted by molar-refractivity contribution is 8.00. The smallest absolute Gasteiger partial charge is 0.387 e. The van der Waals surface area contributed by atoms with Crippen LogP contribution in [-0.2, 0) is 13.5 Å². The first-order valence-corrected chi connectivity index (χ1v) is 12.7. The lowest BCUT2D eigenvalue weighted by atomic mass is 9.83. The molecule has 200 valence electrons. The van der Waals surface area contributed by atoms with E-state index in [-0.39, 0.29) is 16.1 Å². The Kier molecular flexibility index (Phi) is 9.10. The molecule has 9 heteroatoms. The van der Waals surface area contributed by atoms with E-state index in [1.54, 1.807) is 24.0 Å². The molecule has 1 unspecified atom stereocenters. The van der Waals surface area contributed by atoms with Crippen LogP contribution in [0.25, 0.3) is 0 Å². The van der Waals surface area contributed by atoms with Crippen LogP contribution in [0.15, 0.2) is 66.1 Å². The first-order valence-electron chi connectivity index (χ1n) is 11.9. The second-order valence-electron chi connectivity index (χ2n) is 10.4. The van der Waals surface area contributed by atoms with E-state index >= 15 is 0 Å². The Hall–Kier alpha value is -2.81. The number of thioether (sulfide) groups is 1. The Bertz CT molecular complexity index is 1160. The Balaban J connectivity index is 2.00. The van der Waals surface area contributed by atoms with Crippen molar-refractivity contribution in [1.82, 2.24) is 4.98 Å². The van der Waals surface area contributed by atoms with Crippen LogP contribution in [0.2, 0.25) is 0 Å². The molecule has 0 saturated carbocycles. The molecule has 3 aromatic rings. The van der Waals surface area contributed by atoms with Gasteiger partial charge in [0.15, 0.2) is 23.9 Å². The highest BCUT2D eigenvalue weighted by Gasteiger charge is 2.34. The lowest BCUT2D eigenvalue weighted by Gasteiger charge is -2.37. The van der Waals surface area contributed by atoms with E-state index in [9.17, 15) is 17.6 Å². The van der Waals surface area contributed by atoms with E-state index in [4.69, 9.17) is 4.98 Å². The zero-order valence-electron chi connectivity index (χ0n) is 21.8. The number of hydrogen-bond acceptors (Lipinski definition) is 4. The molecule has 0 spiro atoms. The molecule has 1 atom stereocenters. The molecule has 0 amide bonds. The Morgan fingerprint density at radius 2 is 1.43 bits per heavy atom. The Labute approximate surface area is 220 Å². The summed E-state index contributed by atoms with van der Waals surface area (Å²) in [5, 5.41) is 0.872. The zero-order valence-corrected chi connectivity index (χ0v) is 22.7. The van der Waals surface area contributed by atoms with E-state index in [0.717, 1.165) is 16.2 Å². The number of halogens is 4. The van der Waals surface area contributed by atoms with Crippen molar-refractivity contribution in [2.75, 3.05) is 0 Å². The predicted octanol–water partition coefficient (Wildman–Crippen LogP) is 7.40. The predicted molar refractivity (Wildman–Crippen MR) is 136 cm³/mol. The normalized spacial score (nSPS) is 13.2. The summed E-state index contributed by atoms with van der Waals surface area (Å²) in [4.78, 5) is 4.69. The van der Waals surface area contributed by atoms with Crippen LogP contribution in [0.1, 0.15) is 57.2 Å². The van der Waals surface area contributed by atoms with Gasteiger partial charge in [-0.2, -0.15) is 17.6 Å². The van der Waals surface area contributed by atoms with Crippen LogP contribution >= 0.6 is 11.8 Å². The molecule has 0 aliphatic carbocycles. The van der Waals surface area contributed by atoms with Crippen LogP contribution in [0.4, 0.5) is 17.6 Å². The van der Waals surface area contributed by atoms with Gasteiger partial charge < -0.3 is 9.47 Å². The first-order chi connectivity index (χ1) is 17.2. The summed E-state index contributed by atoms with van der Waals surface area (Å²) in [5.74, 6) is -1.18. The summed E-state index contributed by atoms with van der Waals surface area (Å²) in [5.41, 5.74) is 2.53. The SMILES string of the molecule is C[n+]1ccc(CC(c2ccc(SC(C)(C)C(C)(C)C)nc2)c2ccc(OC(F)F)c(OC(F)F)c2)cc1. The summed E-state index contributed by atoms with van der Waals surface area (Å²) in [6.45, 7) is 4.56. The molecule has 37 heavy (non-hydrogen) atoms. The van der Waals surface area contributed by atoms with E-state index < -0.39 is 24.7 Å². The molecule has 2 heterocycles. The second kappa shape index (κ2) is 11.7. The van der Waals surface area contributed by atoms with Crippen molar-refractivity contribution < 1.29 is 31.6 Å². The lowest BCUT2D eigenvalue weighted by molar-refractivity contribution is -0.671. The van der Waals surface area contributed by atoms with Gasteiger partial charge in [0.25, 0.3) is 0 Å². The van der Waals surface area contributed by atoms with Crippen LogP contribution in [0.3, 0.4) is 0 Å². The maximum Gasteiger partial charge on any atom is 0.387 e. The molecule has 0 N–H and O–H groups in total. The van der Waals surface area contributed by atoms with Crippen LogP contribution in [-0.4, -0.2) is 23.0 Å². The molecule has 0 bridgehead atoms. The fourth-order valence-electron chi connectivity index (χ4n) is 3.53. The summed E-state index contributed by atoms with van der Waals surface area (Å²) in [6, 6.07) is 12.0. The topological polar surface area (TPSA) is 35.2 Å². The van der Waals surface area contributed by atoms with Gasteiger partial charge in [0, 0.05) is 29.0 Å². The van der Waals surface area contributed by atoms with Crippen molar-refractivity contribution >= 4 is 11.8 Å². The summed E-state index contributed by atoms with van der Waals surface area (Å²) in [7, 11) is 1.91. The fourth-order valence-corrected chi connectivity index (χ4v) is 4.60. The maximum atomic E-state index is 13.1. The molecule has 0 saturated heterocycles. The number of pyridine rings is 2. The molecule has 4 nitrogen and oxygen atoms in total. The molecule has 3 rings (SSSR count). The molecule has 1 aromatic carbocycles. The standard InChI is InChI=1S/C28H33F4N2O2S/c1-27(2,3)28(4,5)37-24-10-8-20(17-33-24)21(15-18-11-13-34(6)14-12-18)19-7-9-22(35-25(29)30)23(16-19)36-26(31)32/h7-14,16-17,21,25-26H,15H2,1-6H3/q+1. The molecule has 0 aliphatic rings. The monoisotopic (exact) mass is 537 g/mol. The zero-order chi connectivity index (χ0) is 27.4. The maximum absolute atomic E-state index is 13.1. The van der Waals surface area contributed by atoms with Gasteiger partial charge >= 0.3 is 13.2 Å². The van der Waals surface area contributed by atoms with Crippen molar-refractivity contribution in [3.8, 4) is 11.5 Å². The third kappa shape index (κ3) is 7.84. The highest BCUT2D eigenvalue weighted by Crippen LogP contribution is 2.44. The van der Waals surface area contributed by atoms with Crippen molar-refractivity contribution in [3.63, 3.8) is 0 Å². The average Bonchev–Trinajstić information content (AvgIpc) is 2.79. The minimum Gasteiger partial charge on any atom is -0.431 e. The third-order valence-electron chi connectivity index (χ3n) is 6.62. The molecular weight excluding hydrogens is 504 g/mol. The van der Waals surface area contributed by atoms with E-state index in [2.05, 4.69) is 44.1 Å². The third-order valence-corrected chi connectivity index (χ3v) is 8.19. The number of nitrogens with zero attached hydrogens (tertiary/aromatic N) is 2. The first kappa shape index (κ1) is 28.8. The van der Waals surface area contributed by atoms with Crippen LogP contribution in [0.5, 0.6) is 11.5 Å². The number of aryl methyl sites for hydroxylation is 1. The molecule has 0 aliphatic heterocycles. The summed E-state index contributed by atoms with van der Waals surface area (Å²) in [6.07, 6.45) is 6.16. The van der Waals surface area contributed by atoms with Crippen molar-refractivity contribution in [1.29, 1.82) is 0 Å². The minimum atomic E-state index is -3.19. The van der Waals surface area contributed by atoms with Gasteiger partial charge in [-0.25, -0.2) is 9.55 Å². The average molecular weight is 538 g/mol. The van der Waals surface area contributed by atoms with Crippen LogP contribution < -0.4 is 14.0 Å². The van der Waals surface area contributed by atoms with Crippen molar-refractivity contribution in [2.45, 2.75) is 70.0 Å². The number of hydrogen-bond donors (Lipinski definition) is 0. The molecule has 0 radical (unpaired) electrons. The quantitative estimate of drug-likeness (QED) is 0.153. The number of alkyl halides is 4. The van der Waals surface area contributed by atoms with Gasteiger partial charge in [-0.3, -0.25) is 0 Å². The summed E-state index contributed by atoms with van der Waals surface area (Å²) >= 11 is 1.69. The highest BCUT2D eigenvalue weighted by atomic mass is 32.2. The summed E-state index contributed by atoms with van der Waals surface area (Å²) < 4.78 is 62.6. The van der Waals surface area contributed by atoms with Gasteiger partial charge in [-0.1, -0.05) is 44.7 Å². The lowest BCUT2D eigenvalue weighted by Crippen LogP contribution is -2.33. The van der Waals surface area contributed by atoms with Gasteiger partial charge in [-0.15, -0.1) is 0 Å². The van der Waals surface area contributed by atoms with Crippen molar-refractivity contribution in [3.05, 3.63) is 77.7 Å². The number of benzene rings is 1. The van der Waals surface area contributed by atoms with Crippen LogP contribution in [0, 0.1) is 5.41 Å². The largest absolute Gasteiger partial charge is 0.431 e. The van der Waals surface area contributed by atoms with Gasteiger partial charge in [-0.05, 0) is 60.6 Å². The second-order valence-corrected chi connectivity index (χ2v) is 12.0. The molecule has 0 fully saturated rings. The van der Waals surface area contributed by atoms with Gasteiger partial charge in [0.05, 0.1) is 5.03 Å². The number of aromatic nitrogens is 2. The Morgan fingerprint density at radius 3 is 1.97 bits per heavy atom. The van der Waals surface area contributed by atoms with E-state index in [1.807, 2.05) is 48.3 Å². The minimum absolute atomic E-state index is 0.0488.